The van der Waals surface area contributed by atoms with Gasteiger partial charge in [0, 0.05) is 43.3 Å². The summed E-state index contributed by atoms with van der Waals surface area (Å²) in [6.07, 6.45) is 12.3. The summed E-state index contributed by atoms with van der Waals surface area (Å²) in [7, 11) is 1.72. The molecule has 4 saturated carbocycles. The van der Waals surface area contributed by atoms with E-state index >= 15 is 0 Å². The number of aromatic nitrogens is 2. The number of ether oxygens (including phenoxy) is 2. The molecule has 2 amide bonds. The molecule has 2 heterocycles. The van der Waals surface area contributed by atoms with Gasteiger partial charge in [-0.05, 0) is 118 Å². The van der Waals surface area contributed by atoms with E-state index in [1.165, 1.54) is 11.1 Å². The third-order valence-electron chi connectivity index (χ3n) is 11.4. The third-order valence-corrected chi connectivity index (χ3v) is 11.4. The second-order valence-corrected chi connectivity index (χ2v) is 14.9. The number of benzene rings is 1. The van der Waals surface area contributed by atoms with Crippen molar-refractivity contribution in [2.24, 2.45) is 11.3 Å². The topological polar surface area (TPSA) is 127 Å². The summed E-state index contributed by atoms with van der Waals surface area (Å²) in [5, 5.41) is 11.7. The molecule has 49 heavy (non-hydrogen) atoms. The van der Waals surface area contributed by atoms with Crippen molar-refractivity contribution in [3.63, 3.8) is 0 Å². The number of aryl methyl sites for hydroxylation is 1. The third kappa shape index (κ3) is 7.64. The van der Waals surface area contributed by atoms with Crippen molar-refractivity contribution in [3.8, 4) is 17.0 Å². The van der Waals surface area contributed by atoms with E-state index in [9.17, 15) is 9.59 Å². The first-order valence-corrected chi connectivity index (χ1v) is 18.1. The summed E-state index contributed by atoms with van der Waals surface area (Å²) >= 11 is 0. The molecule has 4 fully saturated rings. The van der Waals surface area contributed by atoms with Crippen molar-refractivity contribution in [1.82, 2.24) is 15.3 Å². The highest BCUT2D eigenvalue weighted by Crippen LogP contribution is 2.58. The van der Waals surface area contributed by atoms with Crippen molar-refractivity contribution >= 4 is 17.8 Å². The molecule has 0 spiro atoms. The highest BCUT2D eigenvalue weighted by Gasteiger charge is 2.51. The van der Waals surface area contributed by atoms with Crippen LogP contribution in [0.4, 0.5) is 10.6 Å². The van der Waals surface area contributed by atoms with Crippen molar-refractivity contribution in [2.45, 2.75) is 109 Å². The molecule has 2 N–H and O–H groups in total. The number of amides is 2. The summed E-state index contributed by atoms with van der Waals surface area (Å²) in [5.74, 6) is 2.36. The molecule has 2 bridgehead atoms. The number of aliphatic hydroxyl groups is 1. The molecule has 7 rings (SSSR count). The Balaban J connectivity index is 1.20. The smallest absolute Gasteiger partial charge is 0.407 e. The lowest BCUT2D eigenvalue weighted by molar-refractivity contribution is -0.124. The van der Waals surface area contributed by atoms with Crippen LogP contribution in [-0.4, -0.2) is 60.0 Å². The zero-order valence-electron chi connectivity index (χ0n) is 29.5. The lowest BCUT2D eigenvalue weighted by Crippen LogP contribution is -2.52. The van der Waals surface area contributed by atoms with E-state index in [0.717, 1.165) is 55.5 Å². The van der Waals surface area contributed by atoms with Crippen LogP contribution in [0.5, 0.6) is 5.75 Å². The number of aliphatic hydroxyl groups excluding tert-OH is 1. The molecule has 3 aromatic rings. The zero-order chi connectivity index (χ0) is 34.6. The minimum Gasteiger partial charge on any atom is -0.496 e. The van der Waals surface area contributed by atoms with Crippen molar-refractivity contribution in [3.05, 3.63) is 59.8 Å². The summed E-state index contributed by atoms with van der Waals surface area (Å²) < 4.78 is 16.9. The van der Waals surface area contributed by atoms with Gasteiger partial charge in [-0.2, -0.15) is 0 Å². The molecule has 10 heteroatoms. The lowest BCUT2D eigenvalue weighted by Gasteiger charge is -2.55. The average molecular weight is 673 g/mol. The van der Waals surface area contributed by atoms with Crippen LogP contribution in [0.1, 0.15) is 107 Å². The van der Waals surface area contributed by atoms with Gasteiger partial charge in [-0.25, -0.2) is 14.8 Å². The van der Waals surface area contributed by atoms with Crippen molar-refractivity contribution < 1.29 is 28.6 Å². The summed E-state index contributed by atoms with van der Waals surface area (Å²) in [6, 6.07) is 10.6. The highest BCUT2D eigenvalue weighted by atomic mass is 16.6. The SMILES string of the molecule is COc1ccc(C23CCC(CN(C(=O)C4CCC(OC(=O)NCCCO)CC4)c4cc(-c5coc(C(C)C)n5)ccn4)(CC2)CC3)cc1C. The number of methoxy groups -OCH3 is 1. The molecule has 4 aliphatic rings. The van der Waals surface area contributed by atoms with Gasteiger partial charge >= 0.3 is 6.09 Å². The minimum absolute atomic E-state index is 0.0177. The van der Waals surface area contributed by atoms with Crippen LogP contribution in [0.25, 0.3) is 11.3 Å². The van der Waals surface area contributed by atoms with Gasteiger partial charge in [-0.15, -0.1) is 0 Å². The molecule has 0 saturated heterocycles. The van der Waals surface area contributed by atoms with E-state index in [2.05, 4.69) is 44.3 Å². The van der Waals surface area contributed by atoms with Gasteiger partial charge in [0.25, 0.3) is 0 Å². The molecule has 0 radical (unpaired) electrons. The fraction of sp³-hybridized carbons (Fsp3) is 0.590. The van der Waals surface area contributed by atoms with E-state index in [0.29, 0.717) is 56.9 Å². The normalized spacial score (nSPS) is 24.9. The van der Waals surface area contributed by atoms with Crippen LogP contribution >= 0.6 is 0 Å². The van der Waals surface area contributed by atoms with Gasteiger partial charge in [0.2, 0.25) is 5.91 Å². The maximum atomic E-state index is 14.6. The van der Waals surface area contributed by atoms with Crippen molar-refractivity contribution in [2.75, 3.05) is 31.7 Å². The first-order chi connectivity index (χ1) is 23.6. The molecule has 10 nitrogen and oxygen atoms in total. The number of hydrogen-bond donors (Lipinski definition) is 2. The largest absolute Gasteiger partial charge is 0.496 e. The zero-order valence-corrected chi connectivity index (χ0v) is 29.5. The van der Waals surface area contributed by atoms with Crippen LogP contribution in [-0.2, 0) is 14.9 Å². The second kappa shape index (κ2) is 14.9. The Morgan fingerprint density at radius 1 is 1.06 bits per heavy atom. The predicted octanol–water partition coefficient (Wildman–Crippen LogP) is 7.47. The van der Waals surface area contributed by atoms with Gasteiger partial charge in [0.1, 0.15) is 29.6 Å². The van der Waals surface area contributed by atoms with Gasteiger partial charge in [-0.3, -0.25) is 9.69 Å². The monoisotopic (exact) mass is 672 g/mol. The quantitative estimate of drug-likeness (QED) is 0.190. The number of oxazole rings is 1. The first-order valence-electron chi connectivity index (χ1n) is 18.1. The molecule has 1 aromatic carbocycles. The number of nitrogens with zero attached hydrogens (tertiary/aromatic N) is 3. The summed E-state index contributed by atoms with van der Waals surface area (Å²) in [6.45, 7) is 7.25. The fourth-order valence-corrected chi connectivity index (χ4v) is 8.27. The van der Waals surface area contributed by atoms with Crippen molar-refractivity contribution in [1.29, 1.82) is 0 Å². The average Bonchev–Trinajstić information content (AvgIpc) is 3.63. The number of fused-ring (bicyclic) bond motifs is 3. The Bertz CT molecular complexity index is 1590. The molecule has 0 atom stereocenters. The summed E-state index contributed by atoms with van der Waals surface area (Å²) in [4.78, 5) is 38.2. The Morgan fingerprint density at radius 3 is 2.43 bits per heavy atom. The number of hydrogen-bond acceptors (Lipinski definition) is 8. The first kappa shape index (κ1) is 34.9. The Labute approximate surface area is 290 Å². The predicted molar refractivity (Wildman–Crippen MR) is 188 cm³/mol. The van der Waals surface area contributed by atoms with Gasteiger partial charge in [0.15, 0.2) is 5.89 Å². The minimum atomic E-state index is -0.464. The van der Waals surface area contributed by atoms with E-state index in [1.54, 1.807) is 19.6 Å². The number of nitrogens with one attached hydrogen (secondary N) is 1. The molecule has 2 aromatic heterocycles. The fourth-order valence-electron chi connectivity index (χ4n) is 8.27. The second-order valence-electron chi connectivity index (χ2n) is 14.9. The Hall–Kier alpha value is -3.92. The highest BCUT2D eigenvalue weighted by molar-refractivity contribution is 5.95. The van der Waals surface area contributed by atoms with Crippen LogP contribution in [0.2, 0.25) is 0 Å². The Kier molecular flexibility index (Phi) is 10.6. The number of alkyl carbamates (subject to hydrolysis) is 1. The van der Waals surface area contributed by atoms with Gasteiger partial charge in [0.05, 0.1) is 7.11 Å². The van der Waals surface area contributed by atoms with E-state index < -0.39 is 6.09 Å². The van der Waals surface area contributed by atoms with E-state index in [1.807, 2.05) is 17.0 Å². The number of carbonyl (C=O) groups excluding carboxylic acids is 2. The number of rotatable bonds is 12. The van der Waals surface area contributed by atoms with E-state index in [4.69, 9.17) is 29.0 Å². The van der Waals surface area contributed by atoms with Gasteiger partial charge in [-0.1, -0.05) is 26.0 Å². The van der Waals surface area contributed by atoms with E-state index in [-0.39, 0.29) is 41.3 Å². The summed E-state index contributed by atoms with van der Waals surface area (Å²) in [5.41, 5.74) is 4.41. The molecule has 264 valence electrons. The van der Waals surface area contributed by atoms with Crippen LogP contribution in [0, 0.1) is 18.3 Å². The number of pyridine rings is 1. The van der Waals surface area contributed by atoms with Crippen LogP contribution in [0.3, 0.4) is 0 Å². The molecule has 0 aliphatic heterocycles. The standard InChI is InChI=1S/C39H52N4O6/c1-26(2)35-42-32(24-48-35)29-12-20-40-34(23-29)43(36(45)28-6-9-31(10-7-28)49-37(46)41-19-5-21-44)25-38-13-16-39(17-14-38,18-15-38)30-8-11-33(47-4)27(3)22-30/h8,11-12,20,22-24,26,28,31,44H,5-7,9-10,13-19,21,25H2,1-4H3,(H,41,46). The van der Waals surface area contributed by atoms with Crippen LogP contribution in [0.15, 0.2) is 47.2 Å². The molecule has 4 aliphatic carbocycles. The lowest BCUT2D eigenvalue weighted by atomic mass is 9.51. The van der Waals surface area contributed by atoms with Gasteiger partial charge < -0.3 is 24.3 Å². The Morgan fingerprint density at radius 2 is 1.80 bits per heavy atom. The number of carbonyl (C=O) groups is 2. The molecular formula is C39H52N4O6. The van der Waals surface area contributed by atoms with Crippen LogP contribution < -0.4 is 15.0 Å². The molecule has 0 unspecified atom stereocenters. The molecular weight excluding hydrogens is 620 g/mol. The maximum absolute atomic E-state index is 14.6. The maximum Gasteiger partial charge on any atom is 0.407 e. The number of anilines is 1.